The Balaban J connectivity index is 3.07. The first-order valence-electron chi connectivity index (χ1n) is 4.38. The van der Waals surface area contributed by atoms with Crippen LogP contribution in [0.1, 0.15) is 24.3 Å². The van der Waals surface area contributed by atoms with Gasteiger partial charge in [-0.3, -0.25) is 0 Å². The molecule has 1 aromatic carbocycles. The van der Waals surface area contributed by atoms with E-state index in [1.807, 2.05) is 12.1 Å². The predicted octanol–water partition coefficient (Wildman–Crippen LogP) is 2.88. The summed E-state index contributed by atoms with van der Waals surface area (Å²) >= 11 is 0. The van der Waals surface area contributed by atoms with E-state index in [-0.39, 0.29) is 18.4 Å². The smallest absolute Gasteiger partial charge is 0.162 e. The standard InChI is InChI=1S/C11H8F2N2/c12-10-3-1-2-9(11(10)13)8(4-6-14)5-7-15/h1-3,8H,4-5H2. The minimum Gasteiger partial charge on any atom is -0.204 e. The molecule has 0 atom stereocenters. The second-order valence-electron chi connectivity index (χ2n) is 3.06. The fourth-order valence-electron chi connectivity index (χ4n) is 1.35. The van der Waals surface area contributed by atoms with E-state index < -0.39 is 17.6 Å². The lowest BCUT2D eigenvalue weighted by Gasteiger charge is -2.11. The third-order valence-corrected chi connectivity index (χ3v) is 2.10. The van der Waals surface area contributed by atoms with Crippen molar-refractivity contribution < 1.29 is 8.78 Å². The molecule has 0 bridgehead atoms. The molecule has 0 radical (unpaired) electrons. The second-order valence-corrected chi connectivity index (χ2v) is 3.06. The van der Waals surface area contributed by atoms with Gasteiger partial charge in [0.15, 0.2) is 11.6 Å². The molecule has 0 aliphatic heterocycles. The van der Waals surface area contributed by atoms with Crippen molar-refractivity contribution in [3.8, 4) is 12.1 Å². The van der Waals surface area contributed by atoms with E-state index in [9.17, 15) is 8.78 Å². The second kappa shape index (κ2) is 5.07. The maximum atomic E-state index is 13.3. The van der Waals surface area contributed by atoms with Gasteiger partial charge in [0.2, 0.25) is 0 Å². The predicted molar refractivity (Wildman–Crippen MR) is 49.6 cm³/mol. The summed E-state index contributed by atoms with van der Waals surface area (Å²) in [5.41, 5.74) is 0.0955. The van der Waals surface area contributed by atoms with Gasteiger partial charge in [-0.1, -0.05) is 12.1 Å². The van der Waals surface area contributed by atoms with Crippen LogP contribution in [-0.2, 0) is 0 Å². The molecule has 0 unspecified atom stereocenters. The Morgan fingerprint density at radius 1 is 1.13 bits per heavy atom. The fourth-order valence-corrected chi connectivity index (χ4v) is 1.35. The van der Waals surface area contributed by atoms with E-state index in [1.165, 1.54) is 12.1 Å². The molecule has 0 aliphatic rings. The summed E-state index contributed by atoms with van der Waals surface area (Å²) in [5, 5.41) is 17.0. The molecule has 1 aromatic rings. The number of benzene rings is 1. The number of halogens is 2. The Hall–Kier alpha value is -1.94. The van der Waals surface area contributed by atoms with Gasteiger partial charge >= 0.3 is 0 Å². The van der Waals surface area contributed by atoms with Crippen molar-refractivity contribution in [2.75, 3.05) is 0 Å². The summed E-state index contributed by atoms with van der Waals surface area (Å²) < 4.78 is 26.2. The van der Waals surface area contributed by atoms with Crippen LogP contribution in [0.2, 0.25) is 0 Å². The average molecular weight is 206 g/mol. The van der Waals surface area contributed by atoms with Gasteiger partial charge in [-0.25, -0.2) is 8.78 Å². The summed E-state index contributed by atoms with van der Waals surface area (Å²) in [6.45, 7) is 0. The van der Waals surface area contributed by atoms with Crippen molar-refractivity contribution in [1.29, 1.82) is 10.5 Å². The van der Waals surface area contributed by atoms with Gasteiger partial charge in [-0.2, -0.15) is 10.5 Å². The topological polar surface area (TPSA) is 47.6 Å². The molecule has 0 fully saturated rings. The third kappa shape index (κ3) is 2.51. The van der Waals surface area contributed by atoms with Crippen LogP contribution in [0.4, 0.5) is 8.78 Å². The molecule has 0 aromatic heterocycles. The van der Waals surface area contributed by atoms with Crippen LogP contribution >= 0.6 is 0 Å². The number of rotatable bonds is 3. The molecule has 15 heavy (non-hydrogen) atoms. The maximum Gasteiger partial charge on any atom is 0.162 e. The average Bonchev–Trinajstić information content (AvgIpc) is 2.22. The highest BCUT2D eigenvalue weighted by atomic mass is 19.2. The Kier molecular flexibility index (Phi) is 3.76. The fraction of sp³-hybridized carbons (Fsp3) is 0.273. The Labute approximate surface area is 86.4 Å². The molecular formula is C11H8F2N2. The van der Waals surface area contributed by atoms with E-state index in [0.717, 1.165) is 6.07 Å². The minimum atomic E-state index is -0.965. The van der Waals surface area contributed by atoms with Crippen molar-refractivity contribution in [2.45, 2.75) is 18.8 Å². The maximum absolute atomic E-state index is 13.3. The SMILES string of the molecule is N#CCC(CC#N)c1cccc(F)c1F. The van der Waals surface area contributed by atoms with Gasteiger partial charge in [0.25, 0.3) is 0 Å². The summed E-state index contributed by atoms with van der Waals surface area (Å²) in [6, 6.07) is 7.49. The van der Waals surface area contributed by atoms with E-state index in [2.05, 4.69) is 0 Å². The van der Waals surface area contributed by atoms with Crippen molar-refractivity contribution in [2.24, 2.45) is 0 Å². The summed E-state index contributed by atoms with van der Waals surface area (Å²) in [7, 11) is 0. The van der Waals surface area contributed by atoms with Crippen LogP contribution in [0.3, 0.4) is 0 Å². The third-order valence-electron chi connectivity index (χ3n) is 2.10. The summed E-state index contributed by atoms with van der Waals surface area (Å²) in [4.78, 5) is 0. The molecular weight excluding hydrogens is 198 g/mol. The zero-order valence-electron chi connectivity index (χ0n) is 7.87. The Morgan fingerprint density at radius 3 is 2.27 bits per heavy atom. The van der Waals surface area contributed by atoms with Crippen molar-refractivity contribution in [1.82, 2.24) is 0 Å². The Bertz CT molecular complexity index is 413. The molecule has 2 nitrogen and oxygen atoms in total. The zero-order chi connectivity index (χ0) is 11.3. The number of nitrogens with zero attached hydrogens (tertiary/aromatic N) is 2. The lowest BCUT2D eigenvalue weighted by Crippen LogP contribution is -2.02. The van der Waals surface area contributed by atoms with E-state index in [0.29, 0.717) is 0 Å². The van der Waals surface area contributed by atoms with Gasteiger partial charge in [-0.15, -0.1) is 0 Å². The summed E-state index contributed by atoms with van der Waals surface area (Å²) in [6.07, 6.45) is 0.0157. The van der Waals surface area contributed by atoms with Crippen LogP contribution in [0.15, 0.2) is 18.2 Å². The molecule has 0 N–H and O–H groups in total. The van der Waals surface area contributed by atoms with Gasteiger partial charge < -0.3 is 0 Å². The monoisotopic (exact) mass is 206 g/mol. The van der Waals surface area contributed by atoms with Crippen LogP contribution in [0.5, 0.6) is 0 Å². The van der Waals surface area contributed by atoms with Crippen molar-refractivity contribution >= 4 is 0 Å². The van der Waals surface area contributed by atoms with Gasteiger partial charge in [0.05, 0.1) is 12.1 Å². The zero-order valence-corrected chi connectivity index (χ0v) is 7.87. The quantitative estimate of drug-likeness (QED) is 0.763. The molecule has 0 amide bonds. The number of hydrogen-bond acceptors (Lipinski definition) is 2. The number of hydrogen-bond donors (Lipinski definition) is 0. The first-order chi connectivity index (χ1) is 7.20. The number of nitriles is 2. The van der Waals surface area contributed by atoms with Crippen LogP contribution in [0, 0.1) is 34.3 Å². The molecule has 0 saturated heterocycles. The first kappa shape index (κ1) is 11.1. The van der Waals surface area contributed by atoms with Gasteiger partial charge in [0, 0.05) is 18.8 Å². The molecule has 0 heterocycles. The normalized spacial score (nSPS) is 9.67. The van der Waals surface area contributed by atoms with Crippen LogP contribution < -0.4 is 0 Å². The lowest BCUT2D eigenvalue weighted by molar-refractivity contribution is 0.488. The van der Waals surface area contributed by atoms with Crippen molar-refractivity contribution in [3.05, 3.63) is 35.4 Å². The Morgan fingerprint density at radius 2 is 1.73 bits per heavy atom. The van der Waals surface area contributed by atoms with E-state index >= 15 is 0 Å². The van der Waals surface area contributed by atoms with E-state index in [1.54, 1.807) is 0 Å². The molecule has 0 spiro atoms. The highest BCUT2D eigenvalue weighted by Gasteiger charge is 2.17. The minimum absolute atomic E-state index is 0.00787. The molecule has 0 saturated carbocycles. The summed E-state index contributed by atoms with van der Waals surface area (Å²) in [5.74, 6) is -2.47. The van der Waals surface area contributed by atoms with Crippen LogP contribution in [-0.4, -0.2) is 0 Å². The van der Waals surface area contributed by atoms with Crippen LogP contribution in [0.25, 0.3) is 0 Å². The first-order valence-corrected chi connectivity index (χ1v) is 4.38. The molecule has 1 rings (SSSR count). The van der Waals surface area contributed by atoms with Crippen molar-refractivity contribution in [3.63, 3.8) is 0 Å². The molecule has 0 aliphatic carbocycles. The van der Waals surface area contributed by atoms with Gasteiger partial charge in [-0.05, 0) is 11.6 Å². The highest BCUT2D eigenvalue weighted by Crippen LogP contribution is 2.26. The molecule has 76 valence electrons. The molecule has 4 heteroatoms. The highest BCUT2D eigenvalue weighted by molar-refractivity contribution is 5.24. The van der Waals surface area contributed by atoms with E-state index in [4.69, 9.17) is 10.5 Å². The lowest BCUT2D eigenvalue weighted by atomic mass is 9.93. The van der Waals surface area contributed by atoms with Gasteiger partial charge in [0.1, 0.15) is 0 Å². The largest absolute Gasteiger partial charge is 0.204 e.